The first-order valence-electron chi connectivity index (χ1n) is 6.39. The van der Waals surface area contributed by atoms with E-state index in [1.165, 1.54) is 0 Å². The largest absolute Gasteiger partial charge is 0.349 e. The molecule has 0 saturated heterocycles. The van der Waals surface area contributed by atoms with Crippen LogP contribution in [0.25, 0.3) is 0 Å². The monoisotopic (exact) mass is 261 g/mol. The van der Waals surface area contributed by atoms with Crippen molar-refractivity contribution in [3.63, 3.8) is 0 Å². The summed E-state index contributed by atoms with van der Waals surface area (Å²) in [7, 11) is 0. The topological polar surface area (TPSA) is 64.7 Å². The summed E-state index contributed by atoms with van der Waals surface area (Å²) in [5.41, 5.74) is 1.67. The Morgan fingerprint density at radius 3 is 2.68 bits per heavy atom. The summed E-state index contributed by atoms with van der Waals surface area (Å²) in [5, 5.41) is 11.2. The van der Waals surface area contributed by atoms with Gasteiger partial charge in [-0.3, -0.25) is 14.2 Å². The molecule has 0 aliphatic heterocycles. The van der Waals surface area contributed by atoms with E-state index < -0.39 is 0 Å². The third-order valence-corrected chi connectivity index (χ3v) is 2.93. The normalized spacial score (nSPS) is 10.9. The van der Waals surface area contributed by atoms with Gasteiger partial charge in [0.15, 0.2) is 0 Å². The van der Waals surface area contributed by atoms with Gasteiger partial charge in [-0.15, -0.1) is 0 Å². The van der Waals surface area contributed by atoms with Crippen LogP contribution < -0.4 is 5.32 Å². The van der Waals surface area contributed by atoms with Crippen molar-refractivity contribution in [2.24, 2.45) is 0 Å². The summed E-state index contributed by atoms with van der Waals surface area (Å²) in [6, 6.07) is 3.84. The zero-order valence-electron chi connectivity index (χ0n) is 11.5. The zero-order valence-corrected chi connectivity index (χ0v) is 11.5. The van der Waals surface area contributed by atoms with Crippen LogP contribution in [-0.2, 0) is 6.54 Å². The summed E-state index contributed by atoms with van der Waals surface area (Å²) in [5.74, 6) is -0.101. The first kappa shape index (κ1) is 13.3. The molecule has 102 valence electrons. The van der Waals surface area contributed by atoms with Crippen LogP contribution in [-0.4, -0.2) is 32.0 Å². The van der Waals surface area contributed by atoms with Crippen LogP contribution in [0.5, 0.6) is 0 Å². The molecule has 0 fully saturated rings. The van der Waals surface area contributed by atoms with E-state index >= 15 is 0 Å². The van der Waals surface area contributed by atoms with Gasteiger partial charge in [0.05, 0.1) is 6.54 Å². The van der Waals surface area contributed by atoms with Gasteiger partial charge in [0.25, 0.3) is 5.91 Å². The fraction of sp³-hybridized carbons (Fsp3) is 0.462. The Balaban J connectivity index is 1.91. The van der Waals surface area contributed by atoms with Crippen LogP contribution >= 0.6 is 0 Å². The highest BCUT2D eigenvalue weighted by Gasteiger charge is 2.13. The minimum absolute atomic E-state index is 0.101. The SMILES string of the molecule is Cc1ccnn1CCNC(=O)c1ccnn1C(C)C. The number of carbonyl (C=O) groups is 1. The molecule has 2 aromatic heterocycles. The number of amides is 1. The maximum Gasteiger partial charge on any atom is 0.269 e. The van der Waals surface area contributed by atoms with Crippen molar-refractivity contribution in [2.75, 3.05) is 6.54 Å². The average Bonchev–Trinajstić information content (AvgIpc) is 2.98. The van der Waals surface area contributed by atoms with Crippen LogP contribution in [0.4, 0.5) is 0 Å². The highest BCUT2D eigenvalue weighted by Crippen LogP contribution is 2.07. The number of nitrogens with one attached hydrogen (secondary N) is 1. The number of carbonyl (C=O) groups excluding carboxylic acids is 1. The number of aromatic nitrogens is 4. The van der Waals surface area contributed by atoms with Crippen LogP contribution in [0.2, 0.25) is 0 Å². The van der Waals surface area contributed by atoms with Gasteiger partial charge in [-0.25, -0.2) is 0 Å². The van der Waals surface area contributed by atoms with Gasteiger partial charge in [0.1, 0.15) is 5.69 Å². The first-order valence-corrected chi connectivity index (χ1v) is 6.39. The molecule has 0 aliphatic carbocycles. The van der Waals surface area contributed by atoms with Gasteiger partial charge in [-0.05, 0) is 32.9 Å². The Hall–Kier alpha value is -2.11. The first-order chi connectivity index (χ1) is 9.09. The lowest BCUT2D eigenvalue weighted by molar-refractivity contribution is 0.0939. The molecular formula is C13H19N5O. The highest BCUT2D eigenvalue weighted by molar-refractivity contribution is 5.92. The predicted molar refractivity (Wildman–Crippen MR) is 71.9 cm³/mol. The second-order valence-electron chi connectivity index (χ2n) is 4.71. The molecule has 0 aromatic carbocycles. The molecule has 0 radical (unpaired) electrons. The molecular weight excluding hydrogens is 242 g/mol. The Bertz CT molecular complexity index is 555. The molecule has 0 saturated carbocycles. The lowest BCUT2D eigenvalue weighted by atomic mass is 10.3. The third kappa shape index (κ3) is 3.01. The second kappa shape index (κ2) is 5.69. The second-order valence-corrected chi connectivity index (χ2v) is 4.71. The molecule has 0 aliphatic rings. The molecule has 2 aromatic rings. The number of hydrogen-bond donors (Lipinski definition) is 1. The molecule has 6 nitrogen and oxygen atoms in total. The molecule has 2 heterocycles. The molecule has 2 rings (SSSR count). The van der Waals surface area contributed by atoms with Crippen molar-refractivity contribution in [3.8, 4) is 0 Å². The molecule has 0 unspecified atom stereocenters. The van der Waals surface area contributed by atoms with Crippen LogP contribution in [0, 0.1) is 6.92 Å². The van der Waals surface area contributed by atoms with Gasteiger partial charge in [0.2, 0.25) is 0 Å². The molecule has 6 heteroatoms. The maximum absolute atomic E-state index is 12.0. The van der Waals surface area contributed by atoms with Crippen LogP contribution in [0.15, 0.2) is 24.5 Å². The minimum atomic E-state index is -0.101. The average molecular weight is 261 g/mol. The zero-order chi connectivity index (χ0) is 13.8. The lowest BCUT2D eigenvalue weighted by Crippen LogP contribution is -2.30. The number of hydrogen-bond acceptors (Lipinski definition) is 3. The van der Waals surface area contributed by atoms with Gasteiger partial charge in [-0.2, -0.15) is 10.2 Å². The summed E-state index contributed by atoms with van der Waals surface area (Å²) in [4.78, 5) is 12.0. The number of rotatable bonds is 5. The Kier molecular flexibility index (Phi) is 3.99. The molecule has 1 N–H and O–H groups in total. The van der Waals surface area contributed by atoms with Crippen molar-refractivity contribution in [3.05, 3.63) is 35.9 Å². The van der Waals surface area contributed by atoms with E-state index in [4.69, 9.17) is 0 Å². The lowest BCUT2D eigenvalue weighted by Gasteiger charge is -2.11. The molecule has 0 bridgehead atoms. The summed E-state index contributed by atoms with van der Waals surface area (Å²) in [6.45, 7) is 7.20. The smallest absolute Gasteiger partial charge is 0.269 e. The van der Waals surface area contributed by atoms with E-state index in [2.05, 4.69) is 15.5 Å². The molecule has 0 atom stereocenters. The van der Waals surface area contributed by atoms with Crippen molar-refractivity contribution in [1.82, 2.24) is 24.9 Å². The fourth-order valence-corrected chi connectivity index (χ4v) is 1.90. The molecule has 0 spiro atoms. The maximum atomic E-state index is 12.0. The van der Waals surface area contributed by atoms with Crippen molar-refractivity contribution < 1.29 is 4.79 Å². The molecule has 1 amide bonds. The van der Waals surface area contributed by atoms with Gasteiger partial charge in [-0.1, -0.05) is 0 Å². The van der Waals surface area contributed by atoms with E-state index in [1.807, 2.05) is 31.5 Å². The third-order valence-electron chi connectivity index (χ3n) is 2.93. The minimum Gasteiger partial charge on any atom is -0.349 e. The van der Waals surface area contributed by atoms with Crippen molar-refractivity contribution in [1.29, 1.82) is 0 Å². The standard InChI is InChI=1S/C13H19N5O/c1-10(2)18-12(5-7-16-18)13(19)14-8-9-17-11(3)4-6-15-17/h4-7,10H,8-9H2,1-3H3,(H,14,19). The van der Waals surface area contributed by atoms with Crippen LogP contribution in [0.3, 0.4) is 0 Å². The Morgan fingerprint density at radius 2 is 2.05 bits per heavy atom. The summed E-state index contributed by atoms with van der Waals surface area (Å²) >= 11 is 0. The van der Waals surface area contributed by atoms with Crippen molar-refractivity contribution >= 4 is 5.91 Å². The van der Waals surface area contributed by atoms with E-state index in [1.54, 1.807) is 23.1 Å². The summed E-state index contributed by atoms with van der Waals surface area (Å²) < 4.78 is 3.58. The van der Waals surface area contributed by atoms with Crippen LogP contribution in [0.1, 0.15) is 36.1 Å². The fourth-order valence-electron chi connectivity index (χ4n) is 1.90. The number of aryl methyl sites for hydroxylation is 1. The highest BCUT2D eigenvalue weighted by atomic mass is 16.2. The number of nitrogens with zero attached hydrogens (tertiary/aromatic N) is 4. The summed E-state index contributed by atoms with van der Waals surface area (Å²) in [6.07, 6.45) is 3.40. The van der Waals surface area contributed by atoms with Gasteiger partial charge < -0.3 is 5.32 Å². The van der Waals surface area contributed by atoms with E-state index in [-0.39, 0.29) is 11.9 Å². The quantitative estimate of drug-likeness (QED) is 0.884. The molecule has 19 heavy (non-hydrogen) atoms. The van der Waals surface area contributed by atoms with Crippen molar-refractivity contribution in [2.45, 2.75) is 33.4 Å². The Morgan fingerprint density at radius 1 is 1.32 bits per heavy atom. The van der Waals surface area contributed by atoms with E-state index in [0.29, 0.717) is 18.8 Å². The van der Waals surface area contributed by atoms with Gasteiger partial charge >= 0.3 is 0 Å². The Labute approximate surface area is 112 Å². The van der Waals surface area contributed by atoms with E-state index in [9.17, 15) is 4.79 Å². The predicted octanol–water partition coefficient (Wildman–Crippen LogP) is 1.40. The van der Waals surface area contributed by atoms with Gasteiger partial charge in [0, 0.05) is 30.7 Å². The van der Waals surface area contributed by atoms with E-state index in [0.717, 1.165) is 5.69 Å².